The maximum absolute atomic E-state index is 5.58. The number of hydrogen-bond acceptors (Lipinski definition) is 3. The topological polar surface area (TPSA) is 27.7 Å². The highest BCUT2D eigenvalue weighted by Gasteiger charge is 2.32. The molecule has 3 nitrogen and oxygen atoms in total. The molecule has 0 aromatic carbocycles. The molecule has 0 aliphatic carbocycles. The van der Waals surface area contributed by atoms with Crippen molar-refractivity contribution >= 4 is 7.85 Å². The van der Waals surface area contributed by atoms with Gasteiger partial charge in [0.25, 0.3) is 0 Å². The molecular formula is C9H19BO3. The van der Waals surface area contributed by atoms with Crippen molar-refractivity contribution in [1.29, 1.82) is 0 Å². The number of hydrogen-bond donors (Lipinski definition) is 0. The van der Waals surface area contributed by atoms with E-state index in [9.17, 15) is 0 Å². The van der Waals surface area contributed by atoms with Crippen molar-refractivity contribution in [2.24, 2.45) is 0 Å². The van der Waals surface area contributed by atoms with Gasteiger partial charge in [0.2, 0.25) is 0 Å². The van der Waals surface area contributed by atoms with Crippen molar-refractivity contribution in [2.75, 3.05) is 19.8 Å². The quantitative estimate of drug-likeness (QED) is 0.464. The van der Waals surface area contributed by atoms with Crippen molar-refractivity contribution in [3.05, 3.63) is 0 Å². The molecule has 4 heteroatoms. The third-order valence-electron chi connectivity index (χ3n) is 2.01. The highest BCUT2D eigenvalue weighted by atomic mass is 16.7. The van der Waals surface area contributed by atoms with E-state index in [-0.39, 0.29) is 6.10 Å². The first-order valence-electron chi connectivity index (χ1n) is 5.03. The van der Waals surface area contributed by atoms with Crippen LogP contribution in [-0.2, 0) is 14.2 Å². The maximum atomic E-state index is 5.58. The van der Waals surface area contributed by atoms with Crippen LogP contribution in [0.3, 0.4) is 0 Å². The molecule has 13 heavy (non-hydrogen) atoms. The van der Waals surface area contributed by atoms with Gasteiger partial charge in [-0.3, -0.25) is 0 Å². The molecule has 1 fully saturated rings. The first-order chi connectivity index (χ1) is 6.14. The van der Waals surface area contributed by atoms with E-state index < -0.39 is 5.79 Å². The molecule has 0 amide bonds. The zero-order valence-electron chi connectivity index (χ0n) is 8.84. The Balaban J connectivity index is 2.04. The van der Waals surface area contributed by atoms with Gasteiger partial charge in [-0.25, -0.2) is 0 Å². The second-order valence-electron chi connectivity index (χ2n) is 3.88. The minimum Gasteiger partial charge on any atom is -0.379 e. The highest BCUT2D eigenvalue weighted by molar-refractivity contribution is 6.08. The summed E-state index contributed by atoms with van der Waals surface area (Å²) in [5, 5.41) is 0. The highest BCUT2D eigenvalue weighted by Crippen LogP contribution is 2.22. The standard InChI is InChI=1S/C9H19BO3/c1-9(2)12-7-8(13-9)6-11-5-3-4-10/h8H,3-7,10H2,1-2H3/t8-/m1/s1. The van der Waals surface area contributed by atoms with Crippen molar-refractivity contribution < 1.29 is 14.2 Å². The van der Waals surface area contributed by atoms with Gasteiger partial charge in [-0.2, -0.15) is 0 Å². The molecule has 1 rings (SSSR count). The fourth-order valence-electron chi connectivity index (χ4n) is 1.31. The molecule has 1 aliphatic rings. The molecule has 1 heterocycles. The average molecular weight is 186 g/mol. The Morgan fingerprint density at radius 1 is 1.54 bits per heavy atom. The number of ether oxygens (including phenoxy) is 3. The van der Waals surface area contributed by atoms with Crippen LogP contribution in [0, 0.1) is 0 Å². The van der Waals surface area contributed by atoms with Crippen molar-refractivity contribution in [3.63, 3.8) is 0 Å². The van der Waals surface area contributed by atoms with Crippen LogP contribution in [0.1, 0.15) is 20.3 Å². The minimum atomic E-state index is -0.418. The van der Waals surface area contributed by atoms with E-state index in [0.717, 1.165) is 13.0 Å². The van der Waals surface area contributed by atoms with Crippen LogP contribution >= 0.6 is 0 Å². The zero-order chi connectivity index (χ0) is 9.73. The average Bonchev–Trinajstić information content (AvgIpc) is 2.40. The lowest BCUT2D eigenvalue weighted by Crippen LogP contribution is -2.24. The first kappa shape index (κ1) is 11.0. The molecule has 0 unspecified atom stereocenters. The monoisotopic (exact) mass is 186 g/mol. The molecule has 1 atom stereocenters. The lowest BCUT2D eigenvalue weighted by atomic mass is 10.0. The van der Waals surface area contributed by atoms with Crippen molar-refractivity contribution in [3.8, 4) is 0 Å². The Hall–Kier alpha value is -0.0551. The van der Waals surface area contributed by atoms with E-state index in [2.05, 4.69) is 7.85 Å². The van der Waals surface area contributed by atoms with Gasteiger partial charge in [0.05, 0.1) is 13.2 Å². The van der Waals surface area contributed by atoms with E-state index in [4.69, 9.17) is 14.2 Å². The lowest BCUT2D eigenvalue weighted by molar-refractivity contribution is -0.145. The molecular weight excluding hydrogens is 167 g/mol. The van der Waals surface area contributed by atoms with Gasteiger partial charge in [-0.15, -0.1) is 0 Å². The van der Waals surface area contributed by atoms with Crippen LogP contribution in [0.5, 0.6) is 0 Å². The van der Waals surface area contributed by atoms with Gasteiger partial charge in [0.1, 0.15) is 14.0 Å². The predicted octanol–water partition coefficient (Wildman–Crippen LogP) is 0.596. The number of rotatable bonds is 5. The van der Waals surface area contributed by atoms with E-state index >= 15 is 0 Å². The Bertz CT molecular complexity index is 150. The van der Waals surface area contributed by atoms with Gasteiger partial charge in [0, 0.05) is 6.61 Å². The Labute approximate surface area is 81.1 Å². The minimum absolute atomic E-state index is 0.117. The van der Waals surface area contributed by atoms with Crippen LogP contribution < -0.4 is 0 Å². The van der Waals surface area contributed by atoms with Crippen LogP contribution in [0.15, 0.2) is 0 Å². The molecule has 76 valence electrons. The Morgan fingerprint density at radius 2 is 2.31 bits per heavy atom. The van der Waals surface area contributed by atoms with Crippen LogP contribution in [-0.4, -0.2) is 39.6 Å². The molecule has 1 saturated heterocycles. The smallest absolute Gasteiger partial charge is 0.163 e. The summed E-state index contributed by atoms with van der Waals surface area (Å²) in [5.74, 6) is -0.418. The summed E-state index contributed by atoms with van der Waals surface area (Å²) in [5.41, 5.74) is 0. The van der Waals surface area contributed by atoms with Crippen molar-refractivity contribution in [1.82, 2.24) is 0 Å². The first-order valence-corrected chi connectivity index (χ1v) is 5.03. The van der Waals surface area contributed by atoms with Crippen LogP contribution in [0.25, 0.3) is 0 Å². The molecule has 0 spiro atoms. The molecule has 0 bridgehead atoms. The molecule has 0 radical (unpaired) electrons. The SMILES string of the molecule is BCCCOC[C@@H]1COC(C)(C)O1. The fraction of sp³-hybridized carbons (Fsp3) is 1.00. The summed E-state index contributed by atoms with van der Waals surface area (Å²) in [4.78, 5) is 0. The van der Waals surface area contributed by atoms with Gasteiger partial charge in [-0.1, -0.05) is 6.32 Å². The molecule has 0 aromatic rings. The second kappa shape index (κ2) is 4.98. The van der Waals surface area contributed by atoms with Gasteiger partial charge in [0.15, 0.2) is 5.79 Å². The fourth-order valence-corrected chi connectivity index (χ4v) is 1.31. The normalized spacial score (nSPS) is 26.5. The molecule has 0 aromatic heterocycles. The predicted molar refractivity (Wildman–Crippen MR) is 53.7 cm³/mol. The largest absolute Gasteiger partial charge is 0.379 e. The van der Waals surface area contributed by atoms with Gasteiger partial charge in [-0.05, 0) is 20.3 Å². The maximum Gasteiger partial charge on any atom is 0.163 e. The van der Waals surface area contributed by atoms with E-state index in [1.807, 2.05) is 13.8 Å². The second-order valence-corrected chi connectivity index (χ2v) is 3.88. The summed E-state index contributed by atoms with van der Waals surface area (Å²) in [6.45, 7) is 6.00. The third kappa shape index (κ3) is 4.11. The van der Waals surface area contributed by atoms with Crippen LogP contribution in [0.2, 0.25) is 6.32 Å². The Kier molecular flexibility index (Phi) is 4.23. The third-order valence-corrected chi connectivity index (χ3v) is 2.01. The molecule has 0 N–H and O–H groups in total. The van der Waals surface area contributed by atoms with Crippen LogP contribution in [0.4, 0.5) is 0 Å². The summed E-state index contributed by atoms with van der Waals surface area (Å²) < 4.78 is 16.4. The van der Waals surface area contributed by atoms with Gasteiger partial charge < -0.3 is 14.2 Å². The Morgan fingerprint density at radius 3 is 2.85 bits per heavy atom. The zero-order valence-corrected chi connectivity index (χ0v) is 8.84. The van der Waals surface area contributed by atoms with E-state index in [1.54, 1.807) is 0 Å². The summed E-state index contributed by atoms with van der Waals surface area (Å²) in [7, 11) is 2.15. The van der Waals surface area contributed by atoms with E-state index in [0.29, 0.717) is 13.2 Å². The van der Waals surface area contributed by atoms with Gasteiger partial charge >= 0.3 is 0 Å². The summed E-state index contributed by atoms with van der Waals surface area (Å²) >= 11 is 0. The lowest BCUT2D eigenvalue weighted by Gasteiger charge is -2.16. The van der Waals surface area contributed by atoms with Crippen molar-refractivity contribution in [2.45, 2.75) is 38.5 Å². The summed E-state index contributed by atoms with van der Waals surface area (Å²) in [6, 6.07) is 0. The summed E-state index contributed by atoms with van der Waals surface area (Å²) in [6.07, 6.45) is 2.41. The van der Waals surface area contributed by atoms with E-state index in [1.165, 1.54) is 6.32 Å². The molecule has 1 aliphatic heterocycles. The molecule has 0 saturated carbocycles.